The Hall–Kier alpha value is -3.36. The lowest BCUT2D eigenvalue weighted by Crippen LogP contribution is -2.29. The molecule has 1 fully saturated rings. The Kier molecular flexibility index (Phi) is 5.34. The van der Waals surface area contributed by atoms with E-state index in [1.807, 2.05) is 50.2 Å². The first kappa shape index (κ1) is 21.5. The predicted molar refractivity (Wildman–Crippen MR) is 132 cm³/mol. The molecular formula is C25H18BrN3O3S. The van der Waals surface area contributed by atoms with Crippen LogP contribution >= 0.6 is 27.3 Å². The zero-order chi connectivity index (χ0) is 23.3. The number of ketones is 1. The molecule has 0 aliphatic carbocycles. The molecule has 0 bridgehead atoms. The minimum atomic E-state index is -0.822. The number of pyridine rings is 1. The van der Waals surface area contributed by atoms with Crippen molar-refractivity contribution < 1.29 is 14.7 Å². The molecule has 8 heteroatoms. The van der Waals surface area contributed by atoms with Gasteiger partial charge in [0, 0.05) is 22.4 Å². The lowest BCUT2D eigenvalue weighted by atomic mass is 9.96. The van der Waals surface area contributed by atoms with E-state index in [1.54, 1.807) is 12.1 Å². The second-order valence-electron chi connectivity index (χ2n) is 7.88. The standard InChI is InChI=1S/C25H18BrN3O3S/c1-13-10-14(2)20-18(11-13)33-25(28-20)29-21(16-4-3-5-17(26)12-16)19(23(31)24(29)32)22(30)15-6-8-27-9-7-15/h3-12,21,30H,1-2H3/b22-19+. The fourth-order valence-electron chi connectivity index (χ4n) is 4.15. The summed E-state index contributed by atoms with van der Waals surface area (Å²) >= 11 is 4.83. The summed E-state index contributed by atoms with van der Waals surface area (Å²) in [5.74, 6) is -1.71. The maximum absolute atomic E-state index is 13.3. The number of anilines is 1. The lowest BCUT2D eigenvalue weighted by Gasteiger charge is -2.23. The monoisotopic (exact) mass is 519 g/mol. The highest BCUT2D eigenvalue weighted by atomic mass is 79.9. The fourth-order valence-corrected chi connectivity index (χ4v) is 5.73. The summed E-state index contributed by atoms with van der Waals surface area (Å²) in [5, 5.41) is 11.5. The van der Waals surface area contributed by atoms with E-state index in [0.29, 0.717) is 16.3 Å². The van der Waals surface area contributed by atoms with E-state index in [9.17, 15) is 14.7 Å². The van der Waals surface area contributed by atoms with Gasteiger partial charge in [0.2, 0.25) is 0 Å². The van der Waals surface area contributed by atoms with Crippen molar-refractivity contribution >= 4 is 60.1 Å². The van der Waals surface area contributed by atoms with Crippen molar-refractivity contribution in [3.8, 4) is 0 Å². The van der Waals surface area contributed by atoms with Crippen LogP contribution in [0.15, 0.2) is 71.0 Å². The molecule has 1 aliphatic heterocycles. The van der Waals surface area contributed by atoms with Crippen molar-refractivity contribution in [2.24, 2.45) is 0 Å². The van der Waals surface area contributed by atoms with Crippen molar-refractivity contribution in [1.29, 1.82) is 0 Å². The van der Waals surface area contributed by atoms with Gasteiger partial charge >= 0.3 is 5.91 Å². The van der Waals surface area contributed by atoms with E-state index in [1.165, 1.54) is 28.6 Å². The maximum Gasteiger partial charge on any atom is 0.301 e. The average Bonchev–Trinajstić information content (AvgIpc) is 3.33. The number of nitrogens with zero attached hydrogens (tertiary/aromatic N) is 3. The van der Waals surface area contributed by atoms with Gasteiger partial charge in [0.05, 0.1) is 21.8 Å². The van der Waals surface area contributed by atoms with E-state index < -0.39 is 17.7 Å². The number of aromatic nitrogens is 2. The van der Waals surface area contributed by atoms with Crippen LogP contribution in [0.1, 0.15) is 28.3 Å². The molecule has 164 valence electrons. The van der Waals surface area contributed by atoms with Crippen LogP contribution in [0.2, 0.25) is 0 Å². The van der Waals surface area contributed by atoms with Crippen molar-refractivity contribution in [1.82, 2.24) is 9.97 Å². The summed E-state index contributed by atoms with van der Waals surface area (Å²) in [7, 11) is 0. The number of aryl methyl sites for hydroxylation is 2. The number of halogens is 1. The molecule has 0 saturated carbocycles. The van der Waals surface area contributed by atoms with Gasteiger partial charge in [-0.3, -0.25) is 19.5 Å². The number of aliphatic hydroxyl groups is 1. The molecule has 1 unspecified atom stereocenters. The molecule has 1 saturated heterocycles. The number of hydrogen-bond acceptors (Lipinski definition) is 6. The molecule has 3 heterocycles. The van der Waals surface area contributed by atoms with E-state index in [0.717, 1.165) is 25.8 Å². The molecular weight excluding hydrogens is 502 g/mol. The summed E-state index contributed by atoms with van der Waals surface area (Å²) in [6.07, 6.45) is 3.05. The van der Waals surface area contributed by atoms with Gasteiger partial charge in [-0.1, -0.05) is 45.5 Å². The first-order valence-electron chi connectivity index (χ1n) is 10.2. The van der Waals surface area contributed by atoms with Crippen LogP contribution in [0.4, 0.5) is 5.13 Å². The number of Topliss-reactive ketones (excluding diaryl/α,β-unsaturated/α-hetero) is 1. The number of hydrogen-bond donors (Lipinski definition) is 1. The Morgan fingerprint density at radius 1 is 1.09 bits per heavy atom. The van der Waals surface area contributed by atoms with E-state index >= 15 is 0 Å². The lowest BCUT2D eigenvalue weighted by molar-refractivity contribution is -0.132. The Labute approximate surface area is 202 Å². The molecule has 1 amide bonds. The largest absolute Gasteiger partial charge is 0.507 e. The van der Waals surface area contributed by atoms with Crippen molar-refractivity contribution in [3.05, 3.63) is 93.2 Å². The third kappa shape index (κ3) is 3.65. The number of rotatable bonds is 3. The fraction of sp³-hybridized carbons (Fsp3) is 0.120. The summed E-state index contributed by atoms with van der Waals surface area (Å²) < 4.78 is 1.73. The predicted octanol–water partition coefficient (Wildman–Crippen LogP) is 5.70. The maximum atomic E-state index is 13.3. The van der Waals surface area contributed by atoms with Crippen LogP contribution in [0.5, 0.6) is 0 Å². The summed E-state index contributed by atoms with van der Waals surface area (Å²) in [5.41, 5.74) is 4.02. The first-order valence-corrected chi connectivity index (χ1v) is 11.8. The third-order valence-corrected chi connectivity index (χ3v) is 7.08. The smallest absolute Gasteiger partial charge is 0.301 e. The van der Waals surface area contributed by atoms with Gasteiger partial charge in [-0.25, -0.2) is 4.98 Å². The van der Waals surface area contributed by atoms with Crippen LogP contribution < -0.4 is 4.90 Å². The molecule has 2 aromatic carbocycles. The molecule has 2 aromatic heterocycles. The Morgan fingerprint density at radius 2 is 1.85 bits per heavy atom. The van der Waals surface area contributed by atoms with Crippen molar-refractivity contribution in [3.63, 3.8) is 0 Å². The highest BCUT2D eigenvalue weighted by Gasteiger charge is 2.48. The van der Waals surface area contributed by atoms with Crippen LogP contribution in [-0.2, 0) is 9.59 Å². The minimum absolute atomic E-state index is 0.0245. The molecule has 1 N–H and O–H groups in total. The zero-order valence-electron chi connectivity index (χ0n) is 17.7. The van der Waals surface area contributed by atoms with Crippen molar-refractivity contribution in [2.75, 3.05) is 4.90 Å². The average molecular weight is 520 g/mol. The van der Waals surface area contributed by atoms with Crippen molar-refractivity contribution in [2.45, 2.75) is 19.9 Å². The highest BCUT2D eigenvalue weighted by molar-refractivity contribution is 9.10. The van der Waals surface area contributed by atoms with Gasteiger partial charge < -0.3 is 5.11 Å². The molecule has 4 aromatic rings. The van der Waals surface area contributed by atoms with Gasteiger partial charge in [0.25, 0.3) is 5.78 Å². The summed E-state index contributed by atoms with van der Waals surface area (Å²) in [6, 6.07) is 13.8. The SMILES string of the molecule is Cc1cc(C)c2nc(N3C(=O)C(=O)/C(=C(/O)c4ccncc4)C3c3cccc(Br)c3)sc2c1. The molecule has 1 atom stereocenters. The zero-order valence-corrected chi connectivity index (χ0v) is 20.1. The van der Waals surface area contributed by atoms with Crippen LogP contribution in [-0.4, -0.2) is 26.8 Å². The topological polar surface area (TPSA) is 83.4 Å². The van der Waals surface area contributed by atoms with Gasteiger partial charge in [-0.15, -0.1) is 0 Å². The van der Waals surface area contributed by atoms with Gasteiger partial charge in [-0.2, -0.15) is 0 Å². The van der Waals surface area contributed by atoms with Crippen LogP contribution in [0, 0.1) is 13.8 Å². The Bertz CT molecular complexity index is 1460. The number of thiazole rings is 1. The Morgan fingerprint density at radius 3 is 2.58 bits per heavy atom. The number of fused-ring (bicyclic) bond motifs is 1. The number of aliphatic hydroxyl groups excluding tert-OH is 1. The molecule has 0 radical (unpaired) electrons. The molecule has 5 rings (SSSR count). The molecule has 1 aliphatic rings. The molecule has 0 spiro atoms. The van der Waals surface area contributed by atoms with E-state index in [2.05, 4.69) is 20.9 Å². The highest BCUT2D eigenvalue weighted by Crippen LogP contribution is 2.45. The van der Waals surface area contributed by atoms with Gasteiger partial charge in [0.1, 0.15) is 5.76 Å². The molecule has 33 heavy (non-hydrogen) atoms. The normalized spacial score (nSPS) is 17.8. The summed E-state index contributed by atoms with van der Waals surface area (Å²) in [4.78, 5) is 36.7. The minimum Gasteiger partial charge on any atom is -0.507 e. The van der Waals surface area contributed by atoms with E-state index in [-0.39, 0.29) is 11.3 Å². The number of amides is 1. The number of carbonyl (C=O) groups is 2. The van der Waals surface area contributed by atoms with Crippen LogP contribution in [0.25, 0.3) is 16.0 Å². The quantitative estimate of drug-likeness (QED) is 0.213. The first-order chi connectivity index (χ1) is 15.8. The second-order valence-corrected chi connectivity index (χ2v) is 9.81. The third-order valence-electron chi connectivity index (χ3n) is 5.59. The number of carbonyl (C=O) groups excluding carboxylic acids is 2. The van der Waals surface area contributed by atoms with Gasteiger partial charge in [0.15, 0.2) is 5.13 Å². The van der Waals surface area contributed by atoms with E-state index in [4.69, 9.17) is 4.98 Å². The molecule has 6 nitrogen and oxygen atoms in total. The Balaban J connectivity index is 1.76. The van der Waals surface area contributed by atoms with Gasteiger partial charge in [-0.05, 0) is 60.9 Å². The second kappa shape index (κ2) is 8.20. The van der Waals surface area contributed by atoms with Crippen LogP contribution in [0.3, 0.4) is 0 Å². The number of benzene rings is 2. The summed E-state index contributed by atoms with van der Waals surface area (Å²) in [6.45, 7) is 3.98.